The standard InChI is InChI=1S/C22H19N3O/c1-14-9-11-20(24-21(14)16-7-5-4-6-8-16)22-23-15(2)18-13-17(26-3)10-12-19(18)25-22/h4-13H,1-3H3. The summed E-state index contributed by atoms with van der Waals surface area (Å²) in [6, 6.07) is 20.1. The van der Waals surface area contributed by atoms with Crippen LogP contribution >= 0.6 is 0 Å². The molecule has 0 atom stereocenters. The molecule has 0 aliphatic carbocycles. The van der Waals surface area contributed by atoms with E-state index in [0.717, 1.165) is 44.9 Å². The van der Waals surface area contributed by atoms with E-state index in [1.54, 1.807) is 7.11 Å². The number of aryl methyl sites for hydroxylation is 2. The van der Waals surface area contributed by atoms with E-state index in [2.05, 4.69) is 30.1 Å². The quantitative estimate of drug-likeness (QED) is 0.527. The lowest BCUT2D eigenvalue weighted by Crippen LogP contribution is -1.98. The van der Waals surface area contributed by atoms with Crippen LogP contribution in [-0.4, -0.2) is 22.1 Å². The zero-order valence-corrected chi connectivity index (χ0v) is 15.0. The van der Waals surface area contributed by atoms with E-state index in [4.69, 9.17) is 14.7 Å². The molecule has 2 aromatic carbocycles. The fraction of sp³-hybridized carbons (Fsp3) is 0.136. The summed E-state index contributed by atoms with van der Waals surface area (Å²) >= 11 is 0. The molecule has 0 bridgehead atoms. The summed E-state index contributed by atoms with van der Waals surface area (Å²) in [4.78, 5) is 14.2. The highest BCUT2D eigenvalue weighted by Crippen LogP contribution is 2.27. The molecule has 4 heteroatoms. The molecule has 0 radical (unpaired) electrons. The van der Waals surface area contributed by atoms with Crippen molar-refractivity contribution in [1.82, 2.24) is 15.0 Å². The Labute approximate surface area is 152 Å². The maximum atomic E-state index is 5.30. The van der Waals surface area contributed by atoms with Crippen molar-refractivity contribution in [1.29, 1.82) is 0 Å². The number of hydrogen-bond acceptors (Lipinski definition) is 4. The molecule has 4 nitrogen and oxygen atoms in total. The van der Waals surface area contributed by atoms with Crippen molar-refractivity contribution in [2.24, 2.45) is 0 Å². The van der Waals surface area contributed by atoms with Gasteiger partial charge in [0.25, 0.3) is 0 Å². The predicted octanol–water partition coefficient (Wildman–Crippen LogP) is 4.98. The Kier molecular flexibility index (Phi) is 4.09. The van der Waals surface area contributed by atoms with Crippen LogP contribution in [0.25, 0.3) is 33.7 Å². The molecule has 4 aromatic rings. The second-order valence-corrected chi connectivity index (χ2v) is 6.24. The molecule has 0 saturated heterocycles. The minimum absolute atomic E-state index is 0.636. The number of benzene rings is 2. The van der Waals surface area contributed by atoms with E-state index in [1.165, 1.54) is 0 Å². The van der Waals surface area contributed by atoms with Crippen molar-refractivity contribution < 1.29 is 4.74 Å². The fourth-order valence-corrected chi connectivity index (χ4v) is 3.04. The van der Waals surface area contributed by atoms with Gasteiger partial charge in [0.1, 0.15) is 11.4 Å². The molecular weight excluding hydrogens is 322 g/mol. The van der Waals surface area contributed by atoms with Crippen LogP contribution in [0.4, 0.5) is 0 Å². The summed E-state index contributed by atoms with van der Waals surface area (Å²) < 4.78 is 5.30. The lowest BCUT2D eigenvalue weighted by Gasteiger charge is -2.10. The Hall–Kier alpha value is -3.27. The number of pyridine rings is 1. The van der Waals surface area contributed by atoms with E-state index in [1.807, 2.05) is 49.4 Å². The molecule has 0 spiro atoms. The number of nitrogens with zero attached hydrogens (tertiary/aromatic N) is 3. The van der Waals surface area contributed by atoms with E-state index in [0.29, 0.717) is 5.82 Å². The summed E-state index contributed by atoms with van der Waals surface area (Å²) in [7, 11) is 1.66. The van der Waals surface area contributed by atoms with Gasteiger partial charge in [0.05, 0.1) is 18.3 Å². The maximum Gasteiger partial charge on any atom is 0.178 e. The summed E-state index contributed by atoms with van der Waals surface area (Å²) in [5.41, 5.74) is 5.75. The molecule has 0 fully saturated rings. The van der Waals surface area contributed by atoms with E-state index >= 15 is 0 Å². The Balaban J connectivity index is 1.85. The van der Waals surface area contributed by atoms with Gasteiger partial charge in [0, 0.05) is 16.6 Å². The number of aromatic nitrogens is 3. The molecular formula is C22H19N3O. The topological polar surface area (TPSA) is 47.9 Å². The van der Waals surface area contributed by atoms with Gasteiger partial charge >= 0.3 is 0 Å². The van der Waals surface area contributed by atoms with Crippen LogP contribution < -0.4 is 4.74 Å². The third kappa shape index (κ3) is 2.90. The van der Waals surface area contributed by atoms with Gasteiger partial charge < -0.3 is 4.74 Å². The van der Waals surface area contributed by atoms with Crippen molar-refractivity contribution in [2.75, 3.05) is 7.11 Å². The number of methoxy groups -OCH3 is 1. The van der Waals surface area contributed by atoms with Crippen molar-refractivity contribution in [3.05, 3.63) is 71.9 Å². The highest BCUT2D eigenvalue weighted by molar-refractivity contribution is 5.84. The molecule has 4 rings (SSSR count). The molecule has 0 N–H and O–H groups in total. The second kappa shape index (κ2) is 6.56. The first-order chi connectivity index (χ1) is 12.7. The van der Waals surface area contributed by atoms with Crippen molar-refractivity contribution in [3.63, 3.8) is 0 Å². The zero-order chi connectivity index (χ0) is 18.1. The Morgan fingerprint density at radius 1 is 0.808 bits per heavy atom. The smallest absolute Gasteiger partial charge is 0.178 e. The van der Waals surface area contributed by atoms with Crippen LogP contribution in [0.3, 0.4) is 0 Å². The molecule has 26 heavy (non-hydrogen) atoms. The largest absolute Gasteiger partial charge is 0.497 e. The second-order valence-electron chi connectivity index (χ2n) is 6.24. The molecule has 128 valence electrons. The van der Waals surface area contributed by atoms with Crippen LogP contribution in [0, 0.1) is 13.8 Å². The lowest BCUT2D eigenvalue weighted by molar-refractivity contribution is 0.415. The van der Waals surface area contributed by atoms with Gasteiger partial charge in [-0.05, 0) is 43.7 Å². The number of rotatable bonds is 3. The van der Waals surface area contributed by atoms with Crippen molar-refractivity contribution in [3.8, 4) is 28.5 Å². The number of ether oxygens (including phenoxy) is 1. The summed E-state index contributed by atoms with van der Waals surface area (Å²) in [5.74, 6) is 1.44. The van der Waals surface area contributed by atoms with Gasteiger partial charge in [-0.15, -0.1) is 0 Å². The van der Waals surface area contributed by atoms with Gasteiger partial charge in [0.2, 0.25) is 0 Å². The van der Waals surface area contributed by atoms with E-state index in [9.17, 15) is 0 Å². The summed E-state index contributed by atoms with van der Waals surface area (Å²) in [6.07, 6.45) is 0. The van der Waals surface area contributed by atoms with Crippen molar-refractivity contribution >= 4 is 10.9 Å². The van der Waals surface area contributed by atoms with Crippen LogP contribution in [0.15, 0.2) is 60.7 Å². The highest BCUT2D eigenvalue weighted by atomic mass is 16.5. The van der Waals surface area contributed by atoms with E-state index in [-0.39, 0.29) is 0 Å². The number of fused-ring (bicyclic) bond motifs is 1. The Morgan fingerprint density at radius 3 is 2.38 bits per heavy atom. The lowest BCUT2D eigenvalue weighted by atomic mass is 10.1. The SMILES string of the molecule is COc1ccc2nc(-c3ccc(C)c(-c4ccccc4)n3)nc(C)c2c1. The van der Waals surface area contributed by atoms with Gasteiger partial charge in [-0.25, -0.2) is 15.0 Å². The predicted molar refractivity (Wildman–Crippen MR) is 104 cm³/mol. The van der Waals surface area contributed by atoms with Gasteiger partial charge in [-0.2, -0.15) is 0 Å². The molecule has 2 heterocycles. The minimum atomic E-state index is 0.636. The Bertz CT molecular complexity index is 1090. The Morgan fingerprint density at radius 2 is 1.62 bits per heavy atom. The van der Waals surface area contributed by atoms with Crippen molar-refractivity contribution in [2.45, 2.75) is 13.8 Å². The summed E-state index contributed by atoms with van der Waals surface area (Å²) in [6.45, 7) is 4.05. The third-order valence-electron chi connectivity index (χ3n) is 4.47. The van der Waals surface area contributed by atoms with Crippen LogP contribution in [0.2, 0.25) is 0 Å². The van der Waals surface area contributed by atoms with E-state index < -0.39 is 0 Å². The highest BCUT2D eigenvalue weighted by Gasteiger charge is 2.11. The zero-order valence-electron chi connectivity index (χ0n) is 15.0. The van der Waals surface area contributed by atoms with Gasteiger partial charge in [-0.1, -0.05) is 36.4 Å². The monoisotopic (exact) mass is 341 g/mol. The first-order valence-electron chi connectivity index (χ1n) is 8.51. The van der Waals surface area contributed by atoms with Crippen LogP contribution in [-0.2, 0) is 0 Å². The van der Waals surface area contributed by atoms with Crippen LogP contribution in [0.1, 0.15) is 11.3 Å². The molecule has 0 aliphatic rings. The van der Waals surface area contributed by atoms with Gasteiger partial charge in [-0.3, -0.25) is 0 Å². The maximum absolute atomic E-state index is 5.30. The first-order valence-corrected chi connectivity index (χ1v) is 8.51. The third-order valence-corrected chi connectivity index (χ3v) is 4.47. The van der Waals surface area contributed by atoms with Gasteiger partial charge in [0.15, 0.2) is 5.82 Å². The number of hydrogen-bond donors (Lipinski definition) is 0. The first kappa shape index (κ1) is 16.2. The molecule has 0 saturated carbocycles. The molecule has 0 unspecified atom stereocenters. The molecule has 2 aromatic heterocycles. The normalized spacial score (nSPS) is 10.9. The fourth-order valence-electron chi connectivity index (χ4n) is 3.04. The molecule has 0 amide bonds. The molecule has 0 aliphatic heterocycles. The minimum Gasteiger partial charge on any atom is -0.497 e. The average Bonchev–Trinajstić information content (AvgIpc) is 2.68. The van der Waals surface area contributed by atoms with Crippen LogP contribution in [0.5, 0.6) is 5.75 Å². The average molecular weight is 341 g/mol. The summed E-state index contributed by atoms with van der Waals surface area (Å²) in [5, 5.41) is 0.989.